The van der Waals surface area contributed by atoms with Crippen LogP contribution in [-0.2, 0) is 9.63 Å². The molecule has 1 aliphatic heterocycles. The van der Waals surface area contributed by atoms with Gasteiger partial charge in [0.25, 0.3) is 0 Å². The molecule has 5 aliphatic carbocycles. The van der Waals surface area contributed by atoms with Gasteiger partial charge >= 0.3 is 5.97 Å². The monoisotopic (exact) mass is 481 g/mol. The molecular formula is C31H47NO3. The smallest absolute Gasteiger partial charge is 0.310 e. The highest BCUT2D eigenvalue weighted by Crippen LogP contribution is 2.76. The molecule has 9 atom stereocenters. The second kappa shape index (κ2) is 6.95. The molecule has 194 valence electrons. The third kappa shape index (κ3) is 2.81. The van der Waals surface area contributed by atoms with Crippen molar-refractivity contribution in [1.82, 2.24) is 0 Å². The molecule has 4 fully saturated rings. The third-order valence-corrected chi connectivity index (χ3v) is 13.5. The highest BCUT2D eigenvalue weighted by molar-refractivity contribution is 5.76. The van der Waals surface area contributed by atoms with E-state index >= 15 is 0 Å². The van der Waals surface area contributed by atoms with E-state index in [2.05, 4.69) is 65.9 Å². The number of oxime groups is 1. The number of carbonyl (C=O) groups is 1. The molecule has 0 aromatic heterocycles. The van der Waals surface area contributed by atoms with Gasteiger partial charge in [0, 0.05) is 11.3 Å². The van der Waals surface area contributed by atoms with Gasteiger partial charge in [0.1, 0.15) is 6.10 Å². The fourth-order valence-corrected chi connectivity index (χ4v) is 11.4. The molecule has 6 rings (SSSR count). The Bertz CT molecular complexity index is 1010. The Labute approximate surface area is 212 Å². The maximum Gasteiger partial charge on any atom is 0.310 e. The van der Waals surface area contributed by atoms with Gasteiger partial charge in [-0.3, -0.25) is 4.79 Å². The van der Waals surface area contributed by atoms with Gasteiger partial charge in [0.05, 0.1) is 11.6 Å². The quantitative estimate of drug-likeness (QED) is 0.395. The Morgan fingerprint density at radius 3 is 2.40 bits per heavy atom. The molecule has 0 amide bonds. The molecule has 1 N–H and O–H groups in total. The van der Waals surface area contributed by atoms with Crippen LogP contribution in [0.5, 0.6) is 0 Å². The molecule has 35 heavy (non-hydrogen) atoms. The van der Waals surface area contributed by atoms with Gasteiger partial charge in [-0.15, -0.1) is 0 Å². The highest BCUT2D eigenvalue weighted by atomic mass is 16.6. The van der Waals surface area contributed by atoms with Crippen molar-refractivity contribution >= 4 is 12.2 Å². The topological polar surface area (TPSA) is 58.9 Å². The number of rotatable bonds is 1. The summed E-state index contributed by atoms with van der Waals surface area (Å²) in [7, 11) is 0. The third-order valence-electron chi connectivity index (χ3n) is 13.5. The molecule has 4 heteroatoms. The number of hydrogen-bond donors (Lipinski definition) is 1. The number of nitrogens with zero attached hydrogens (tertiary/aromatic N) is 1. The second-order valence-electron chi connectivity index (χ2n) is 15.6. The van der Waals surface area contributed by atoms with Crippen LogP contribution >= 0.6 is 0 Å². The molecule has 1 heterocycles. The Hall–Kier alpha value is -1.32. The molecule has 2 unspecified atom stereocenters. The standard InChI is InChI=1S/C31H47NO3/c1-26(2)12-14-31(25(33)34)15-13-29(6)20(21(31)17-26)8-9-23-28(5)16-19-18-32-35-24(19)27(3,4)22(28)10-11-30(23,29)7/h8,18-19,21-24H,9-17H2,1-7H3,(H,33,34)/t19?,21-,22-,23+,24?,28-,29+,30+,31-/m0/s1. The number of allylic oxidation sites excluding steroid dienone is 2. The molecule has 0 radical (unpaired) electrons. The van der Waals surface area contributed by atoms with Crippen LogP contribution in [0.3, 0.4) is 0 Å². The van der Waals surface area contributed by atoms with Gasteiger partial charge in [0.15, 0.2) is 0 Å². The first kappa shape index (κ1) is 24.0. The van der Waals surface area contributed by atoms with Gasteiger partial charge in [-0.25, -0.2) is 0 Å². The summed E-state index contributed by atoms with van der Waals surface area (Å²) in [6, 6.07) is 0. The van der Waals surface area contributed by atoms with Crippen molar-refractivity contribution in [3.63, 3.8) is 0 Å². The maximum absolute atomic E-state index is 12.8. The molecule has 0 saturated heterocycles. The zero-order valence-electron chi connectivity index (χ0n) is 23.1. The van der Waals surface area contributed by atoms with Crippen LogP contribution in [0.25, 0.3) is 0 Å². The number of aliphatic carboxylic acids is 1. The van der Waals surface area contributed by atoms with Crippen molar-refractivity contribution in [2.45, 2.75) is 112 Å². The van der Waals surface area contributed by atoms with Crippen molar-refractivity contribution < 1.29 is 14.7 Å². The summed E-state index contributed by atoms with van der Waals surface area (Å²) in [6.45, 7) is 17.3. The van der Waals surface area contributed by atoms with E-state index < -0.39 is 11.4 Å². The summed E-state index contributed by atoms with van der Waals surface area (Å²) in [5, 5.41) is 14.9. The first-order valence-corrected chi connectivity index (χ1v) is 14.3. The summed E-state index contributed by atoms with van der Waals surface area (Å²) in [5.74, 6) is 1.31. The Kier molecular flexibility index (Phi) is 4.78. The van der Waals surface area contributed by atoms with Gasteiger partial charge in [-0.1, -0.05) is 65.3 Å². The van der Waals surface area contributed by atoms with Gasteiger partial charge in [0.2, 0.25) is 0 Å². The first-order chi connectivity index (χ1) is 16.2. The predicted molar refractivity (Wildman–Crippen MR) is 139 cm³/mol. The van der Waals surface area contributed by atoms with Crippen LogP contribution in [0.2, 0.25) is 0 Å². The van der Waals surface area contributed by atoms with Crippen molar-refractivity contribution in [3.05, 3.63) is 11.6 Å². The average Bonchev–Trinajstić information content (AvgIpc) is 3.22. The van der Waals surface area contributed by atoms with E-state index in [1.54, 1.807) is 0 Å². The van der Waals surface area contributed by atoms with Crippen LogP contribution in [-0.4, -0.2) is 23.4 Å². The van der Waals surface area contributed by atoms with Crippen LogP contribution in [0.15, 0.2) is 16.8 Å². The van der Waals surface area contributed by atoms with E-state index in [0.717, 1.165) is 38.5 Å². The van der Waals surface area contributed by atoms with E-state index in [0.29, 0.717) is 17.8 Å². The van der Waals surface area contributed by atoms with Crippen LogP contribution in [0, 0.1) is 56.2 Å². The summed E-state index contributed by atoms with van der Waals surface area (Å²) < 4.78 is 0. The fourth-order valence-electron chi connectivity index (χ4n) is 11.4. The molecule has 4 saturated carbocycles. The number of hydrogen-bond acceptors (Lipinski definition) is 3. The summed E-state index contributed by atoms with van der Waals surface area (Å²) in [5.41, 5.74) is 1.83. The summed E-state index contributed by atoms with van der Waals surface area (Å²) in [4.78, 5) is 18.8. The molecule has 0 aromatic rings. The average molecular weight is 482 g/mol. The summed E-state index contributed by atoms with van der Waals surface area (Å²) in [6.07, 6.45) is 14.4. The van der Waals surface area contributed by atoms with Crippen molar-refractivity contribution in [1.29, 1.82) is 0 Å². The van der Waals surface area contributed by atoms with Crippen LogP contribution in [0.1, 0.15) is 106 Å². The second-order valence-corrected chi connectivity index (χ2v) is 15.6. The molecule has 0 aromatic carbocycles. The summed E-state index contributed by atoms with van der Waals surface area (Å²) >= 11 is 0. The van der Waals surface area contributed by atoms with E-state index in [-0.39, 0.29) is 39.1 Å². The van der Waals surface area contributed by atoms with Crippen molar-refractivity contribution in [3.8, 4) is 0 Å². The SMILES string of the molecule is CC1(C)CC[C@]2(C(=O)O)CC[C@]3(C)C(=CC[C@@H]4[C@@]5(C)CC6C=NOC6C(C)(C)[C@@H]5CC[C@]43C)[C@@H]2C1. The Balaban J connectivity index is 1.44. The number of fused-ring (bicyclic) bond motifs is 8. The zero-order valence-corrected chi connectivity index (χ0v) is 23.1. The molecular weight excluding hydrogens is 434 g/mol. The van der Waals surface area contributed by atoms with Crippen molar-refractivity contribution in [2.24, 2.45) is 61.3 Å². The van der Waals surface area contributed by atoms with Gasteiger partial charge in [-0.05, 0) is 97.2 Å². The lowest BCUT2D eigenvalue weighted by Gasteiger charge is -2.71. The lowest BCUT2D eigenvalue weighted by molar-refractivity contribution is -0.215. The van der Waals surface area contributed by atoms with Crippen molar-refractivity contribution in [2.75, 3.05) is 0 Å². The molecule has 0 spiro atoms. The fraction of sp³-hybridized carbons (Fsp3) is 0.871. The lowest BCUT2D eigenvalue weighted by Crippen LogP contribution is -2.66. The molecule has 6 aliphatic rings. The van der Waals surface area contributed by atoms with Gasteiger partial charge in [-0.2, -0.15) is 0 Å². The zero-order chi connectivity index (χ0) is 25.2. The minimum Gasteiger partial charge on any atom is -0.481 e. The molecule has 4 nitrogen and oxygen atoms in total. The molecule has 0 bridgehead atoms. The van der Waals surface area contributed by atoms with Crippen LogP contribution in [0.4, 0.5) is 0 Å². The number of carboxylic acid groups (broad SMARTS) is 1. The first-order valence-electron chi connectivity index (χ1n) is 14.3. The predicted octanol–water partition coefficient (Wildman–Crippen LogP) is 7.48. The van der Waals surface area contributed by atoms with Gasteiger partial charge < -0.3 is 9.94 Å². The largest absolute Gasteiger partial charge is 0.481 e. The minimum absolute atomic E-state index is 0.0855. The maximum atomic E-state index is 12.8. The highest BCUT2D eigenvalue weighted by Gasteiger charge is 2.70. The van der Waals surface area contributed by atoms with E-state index in [4.69, 9.17) is 4.84 Å². The Morgan fingerprint density at radius 2 is 1.69 bits per heavy atom. The minimum atomic E-state index is -0.553. The van der Waals surface area contributed by atoms with Crippen LogP contribution < -0.4 is 0 Å². The van der Waals surface area contributed by atoms with E-state index in [1.165, 1.54) is 24.8 Å². The lowest BCUT2D eigenvalue weighted by atomic mass is 9.33. The van der Waals surface area contributed by atoms with E-state index in [1.807, 2.05) is 0 Å². The van der Waals surface area contributed by atoms with E-state index in [9.17, 15) is 9.90 Å². The normalized spacial score (nSPS) is 53.1. The Morgan fingerprint density at radius 1 is 0.971 bits per heavy atom. The number of carboxylic acids is 1.